The SMILES string of the molecule is CSC/C=C/C1C(C(=O)O)C1(C)C. The summed E-state index contributed by atoms with van der Waals surface area (Å²) >= 11 is 1.75. The van der Waals surface area contributed by atoms with Crippen molar-refractivity contribution in [2.75, 3.05) is 12.0 Å². The first-order chi connectivity index (χ1) is 6.01. The third-order valence-corrected chi connectivity index (χ3v) is 3.31. The third kappa shape index (κ3) is 2.08. The van der Waals surface area contributed by atoms with Crippen molar-refractivity contribution in [1.82, 2.24) is 0 Å². The summed E-state index contributed by atoms with van der Waals surface area (Å²) in [6.45, 7) is 4.03. The van der Waals surface area contributed by atoms with E-state index in [1.54, 1.807) is 11.8 Å². The predicted octanol–water partition coefficient (Wildman–Crippen LogP) is 2.26. The van der Waals surface area contributed by atoms with Gasteiger partial charge in [-0.15, -0.1) is 0 Å². The molecule has 1 N–H and O–H groups in total. The highest BCUT2D eigenvalue weighted by Crippen LogP contribution is 2.58. The van der Waals surface area contributed by atoms with Crippen LogP contribution in [0.25, 0.3) is 0 Å². The Morgan fingerprint density at radius 2 is 2.23 bits per heavy atom. The summed E-state index contributed by atoms with van der Waals surface area (Å²) in [6.07, 6.45) is 6.16. The van der Waals surface area contributed by atoms with Crippen molar-refractivity contribution in [2.24, 2.45) is 17.3 Å². The molecule has 13 heavy (non-hydrogen) atoms. The topological polar surface area (TPSA) is 37.3 Å². The molecule has 1 fully saturated rings. The van der Waals surface area contributed by atoms with Crippen LogP contribution in [0.4, 0.5) is 0 Å². The Morgan fingerprint density at radius 3 is 2.62 bits per heavy atom. The Balaban J connectivity index is 2.50. The highest BCUT2D eigenvalue weighted by Gasteiger charge is 2.60. The predicted molar refractivity (Wildman–Crippen MR) is 55.9 cm³/mol. The van der Waals surface area contributed by atoms with Crippen LogP contribution < -0.4 is 0 Å². The highest BCUT2D eigenvalue weighted by molar-refractivity contribution is 7.98. The van der Waals surface area contributed by atoms with E-state index in [-0.39, 0.29) is 17.3 Å². The van der Waals surface area contributed by atoms with Crippen LogP contribution in [0.1, 0.15) is 13.8 Å². The molecule has 3 heteroatoms. The number of thioether (sulfide) groups is 1. The molecule has 74 valence electrons. The van der Waals surface area contributed by atoms with Crippen molar-refractivity contribution < 1.29 is 9.90 Å². The van der Waals surface area contributed by atoms with Gasteiger partial charge >= 0.3 is 5.97 Å². The summed E-state index contributed by atoms with van der Waals surface area (Å²) in [6, 6.07) is 0. The number of allylic oxidation sites excluding steroid dienone is 1. The molecule has 1 rings (SSSR count). The fourth-order valence-electron chi connectivity index (χ4n) is 1.81. The summed E-state index contributed by atoms with van der Waals surface area (Å²) in [5.41, 5.74) is -0.0409. The van der Waals surface area contributed by atoms with Gasteiger partial charge in [-0.05, 0) is 17.6 Å². The van der Waals surface area contributed by atoms with Gasteiger partial charge in [-0.25, -0.2) is 0 Å². The average Bonchev–Trinajstić information content (AvgIpc) is 2.54. The van der Waals surface area contributed by atoms with Gasteiger partial charge in [0.15, 0.2) is 0 Å². The van der Waals surface area contributed by atoms with Gasteiger partial charge in [0, 0.05) is 5.75 Å². The summed E-state index contributed by atoms with van der Waals surface area (Å²) in [5.74, 6) is 0.366. The van der Waals surface area contributed by atoms with Crippen LogP contribution in [0.3, 0.4) is 0 Å². The molecule has 1 aliphatic carbocycles. The van der Waals surface area contributed by atoms with E-state index < -0.39 is 5.97 Å². The van der Waals surface area contributed by atoms with Crippen molar-refractivity contribution in [3.8, 4) is 0 Å². The fraction of sp³-hybridized carbons (Fsp3) is 0.700. The maximum atomic E-state index is 10.8. The molecule has 0 aromatic heterocycles. The minimum Gasteiger partial charge on any atom is -0.481 e. The molecule has 0 heterocycles. The lowest BCUT2D eigenvalue weighted by Crippen LogP contribution is -2.02. The summed E-state index contributed by atoms with van der Waals surface area (Å²) in [7, 11) is 0. The summed E-state index contributed by atoms with van der Waals surface area (Å²) in [4.78, 5) is 10.8. The van der Waals surface area contributed by atoms with Gasteiger partial charge in [0.2, 0.25) is 0 Å². The molecule has 2 nitrogen and oxygen atoms in total. The molecule has 0 amide bonds. The lowest BCUT2D eigenvalue weighted by atomic mass is 10.1. The summed E-state index contributed by atoms with van der Waals surface area (Å²) in [5, 5.41) is 8.88. The van der Waals surface area contributed by atoms with Gasteiger partial charge in [0.1, 0.15) is 0 Å². The largest absolute Gasteiger partial charge is 0.481 e. The van der Waals surface area contributed by atoms with Crippen LogP contribution >= 0.6 is 11.8 Å². The Morgan fingerprint density at radius 1 is 1.62 bits per heavy atom. The molecule has 0 aromatic carbocycles. The Kier molecular flexibility index (Phi) is 3.06. The highest BCUT2D eigenvalue weighted by atomic mass is 32.2. The standard InChI is InChI=1S/C10H16O2S/c1-10(2)7(5-4-6-13-3)8(10)9(11)12/h4-5,7-8H,6H2,1-3H3,(H,11,12)/b5-4+. The van der Waals surface area contributed by atoms with Gasteiger partial charge in [-0.3, -0.25) is 4.79 Å². The average molecular weight is 200 g/mol. The Bertz CT molecular complexity index is 233. The van der Waals surface area contributed by atoms with Crippen LogP contribution in [-0.4, -0.2) is 23.1 Å². The fourth-order valence-corrected chi connectivity index (χ4v) is 2.11. The smallest absolute Gasteiger partial charge is 0.307 e. The third-order valence-electron chi connectivity index (χ3n) is 2.78. The van der Waals surface area contributed by atoms with E-state index in [0.29, 0.717) is 0 Å². The van der Waals surface area contributed by atoms with E-state index in [0.717, 1.165) is 5.75 Å². The molecular formula is C10H16O2S. The summed E-state index contributed by atoms with van der Waals surface area (Å²) < 4.78 is 0. The maximum absolute atomic E-state index is 10.8. The van der Waals surface area contributed by atoms with Crippen LogP contribution in [-0.2, 0) is 4.79 Å². The molecule has 0 bridgehead atoms. The molecule has 1 saturated carbocycles. The quantitative estimate of drug-likeness (QED) is 0.707. The van der Waals surface area contributed by atoms with E-state index >= 15 is 0 Å². The molecule has 0 aliphatic heterocycles. The number of carboxylic acid groups (broad SMARTS) is 1. The van der Waals surface area contributed by atoms with Gasteiger partial charge in [0.05, 0.1) is 5.92 Å². The van der Waals surface area contributed by atoms with Gasteiger partial charge in [-0.2, -0.15) is 11.8 Å². The van der Waals surface area contributed by atoms with E-state index in [1.165, 1.54) is 0 Å². The second-order valence-electron chi connectivity index (χ2n) is 4.05. The minimum absolute atomic E-state index is 0.0409. The number of aliphatic carboxylic acids is 1. The molecule has 0 radical (unpaired) electrons. The van der Waals surface area contributed by atoms with Crippen LogP contribution in [0.15, 0.2) is 12.2 Å². The number of carboxylic acids is 1. The number of rotatable bonds is 4. The second kappa shape index (κ2) is 3.74. The molecule has 2 atom stereocenters. The molecular weight excluding hydrogens is 184 g/mol. The van der Waals surface area contributed by atoms with E-state index in [2.05, 4.69) is 12.2 Å². The Labute approximate surface area is 83.4 Å². The lowest BCUT2D eigenvalue weighted by Gasteiger charge is -1.96. The number of hydrogen-bond donors (Lipinski definition) is 1. The van der Waals surface area contributed by atoms with E-state index in [9.17, 15) is 4.79 Å². The van der Waals surface area contributed by atoms with E-state index in [4.69, 9.17) is 5.11 Å². The molecule has 0 saturated heterocycles. The lowest BCUT2D eigenvalue weighted by molar-refractivity contribution is -0.139. The normalized spacial score (nSPS) is 30.7. The molecule has 0 aromatic rings. The van der Waals surface area contributed by atoms with Crippen LogP contribution in [0.5, 0.6) is 0 Å². The first kappa shape index (κ1) is 10.6. The molecule has 1 aliphatic rings. The zero-order valence-electron chi connectivity index (χ0n) is 8.28. The first-order valence-electron chi connectivity index (χ1n) is 4.40. The van der Waals surface area contributed by atoms with Crippen molar-refractivity contribution in [3.05, 3.63) is 12.2 Å². The van der Waals surface area contributed by atoms with Gasteiger partial charge in [0.25, 0.3) is 0 Å². The van der Waals surface area contributed by atoms with E-state index in [1.807, 2.05) is 20.1 Å². The Hall–Kier alpha value is -0.440. The van der Waals surface area contributed by atoms with Crippen molar-refractivity contribution >= 4 is 17.7 Å². The second-order valence-corrected chi connectivity index (χ2v) is 4.96. The number of carbonyl (C=O) groups is 1. The first-order valence-corrected chi connectivity index (χ1v) is 5.79. The molecule has 2 unspecified atom stereocenters. The van der Waals surface area contributed by atoms with Crippen molar-refractivity contribution in [1.29, 1.82) is 0 Å². The van der Waals surface area contributed by atoms with Gasteiger partial charge < -0.3 is 5.11 Å². The zero-order chi connectivity index (χ0) is 10.1. The monoisotopic (exact) mass is 200 g/mol. The minimum atomic E-state index is -0.663. The number of hydrogen-bond acceptors (Lipinski definition) is 2. The zero-order valence-corrected chi connectivity index (χ0v) is 9.10. The van der Waals surface area contributed by atoms with Crippen molar-refractivity contribution in [3.63, 3.8) is 0 Å². The maximum Gasteiger partial charge on any atom is 0.307 e. The molecule has 0 spiro atoms. The van der Waals surface area contributed by atoms with Crippen LogP contribution in [0.2, 0.25) is 0 Å². The van der Waals surface area contributed by atoms with Gasteiger partial charge in [-0.1, -0.05) is 26.0 Å². The van der Waals surface area contributed by atoms with Crippen LogP contribution in [0, 0.1) is 17.3 Å². The van der Waals surface area contributed by atoms with Crippen molar-refractivity contribution in [2.45, 2.75) is 13.8 Å².